The number of aromatic nitrogens is 2. The van der Waals surface area contributed by atoms with Crippen LogP contribution in [0.2, 0.25) is 0 Å². The van der Waals surface area contributed by atoms with E-state index in [0.717, 1.165) is 50.4 Å². The molecule has 2 aliphatic rings. The number of nitrogens with zero attached hydrogens (tertiary/aromatic N) is 2. The molecular formula is C54H47IN5-. The first kappa shape index (κ1) is 37.7. The molecular weight excluding hydrogens is 846 g/mol. The van der Waals surface area contributed by atoms with E-state index < -0.39 is 5.41 Å². The van der Waals surface area contributed by atoms with E-state index in [9.17, 15) is 0 Å². The van der Waals surface area contributed by atoms with E-state index in [1.54, 1.807) is 0 Å². The summed E-state index contributed by atoms with van der Waals surface area (Å²) >= 11 is 0.144. The number of halogens is 1. The van der Waals surface area contributed by atoms with Crippen molar-refractivity contribution >= 4 is 46.6 Å². The van der Waals surface area contributed by atoms with Crippen molar-refractivity contribution in [2.24, 2.45) is 0 Å². The summed E-state index contributed by atoms with van der Waals surface area (Å²) in [5, 5.41) is 4.99. The molecule has 3 heterocycles. The molecule has 0 saturated heterocycles. The molecule has 60 heavy (non-hydrogen) atoms. The Bertz CT molecular complexity index is 2960. The summed E-state index contributed by atoms with van der Waals surface area (Å²) in [6, 6.07) is 53.4. The van der Waals surface area contributed by atoms with Crippen molar-refractivity contribution in [3.05, 3.63) is 202 Å². The van der Waals surface area contributed by atoms with Gasteiger partial charge < -0.3 is 5.32 Å². The second kappa shape index (κ2) is 15.3. The molecule has 5 nitrogen and oxygen atoms in total. The number of allylic oxidation sites excluding steroid dienone is 2. The second-order valence-electron chi connectivity index (χ2n) is 15.7. The van der Waals surface area contributed by atoms with E-state index in [1.807, 2.05) is 17.6 Å². The summed E-state index contributed by atoms with van der Waals surface area (Å²) in [4.78, 5) is 2.30. The van der Waals surface area contributed by atoms with Crippen molar-refractivity contribution in [1.82, 2.24) is 9.13 Å². The number of hydrogen-bond donors (Lipinski definition) is 3. The average molecular weight is 893 g/mol. The summed E-state index contributed by atoms with van der Waals surface area (Å²) < 4.78 is 5.51. The molecule has 0 saturated carbocycles. The Morgan fingerprint density at radius 2 is 1.30 bits per heavy atom. The third kappa shape index (κ3) is 5.87. The fourth-order valence-corrected chi connectivity index (χ4v) is 11.1. The van der Waals surface area contributed by atoms with E-state index >= 15 is 0 Å². The zero-order chi connectivity index (χ0) is 41.0. The normalized spacial score (nSPS) is 14.1. The van der Waals surface area contributed by atoms with Crippen LogP contribution in [-0.4, -0.2) is 25.0 Å². The Morgan fingerprint density at radius 3 is 1.93 bits per heavy atom. The fraction of sp³-hybridized carbons (Fsp3) is 0.111. The van der Waals surface area contributed by atoms with Crippen LogP contribution >= 0.6 is 0 Å². The van der Waals surface area contributed by atoms with Gasteiger partial charge in [-0.05, 0) is 57.6 Å². The first-order valence-electron chi connectivity index (χ1n) is 20.5. The molecule has 0 fully saturated rings. The van der Waals surface area contributed by atoms with Gasteiger partial charge in [0.1, 0.15) is 5.82 Å². The Labute approximate surface area is 362 Å². The maximum absolute atomic E-state index is 6.83. The van der Waals surface area contributed by atoms with Crippen LogP contribution in [0.1, 0.15) is 52.8 Å². The van der Waals surface area contributed by atoms with Crippen molar-refractivity contribution in [2.75, 3.05) is 32.7 Å². The predicted octanol–water partition coefficient (Wildman–Crippen LogP) is 9.21. The molecule has 296 valence electrons. The van der Waals surface area contributed by atoms with Crippen LogP contribution in [0.5, 0.6) is 0 Å². The van der Waals surface area contributed by atoms with Crippen molar-refractivity contribution in [2.45, 2.75) is 19.3 Å². The number of rotatable bonds is 9. The molecule has 6 heteroatoms. The fourth-order valence-electron chi connectivity index (χ4n) is 9.71. The van der Waals surface area contributed by atoms with Crippen LogP contribution in [-0.2, 0) is 5.41 Å². The van der Waals surface area contributed by atoms with Crippen LogP contribution in [0.25, 0.3) is 62.8 Å². The molecule has 8 aromatic rings. The molecule has 0 bridgehead atoms. The summed E-state index contributed by atoms with van der Waals surface area (Å²) in [5.41, 5.74) is 30.9. The monoisotopic (exact) mass is 892 g/mol. The molecule has 5 N–H and O–H groups in total. The SMILES string of the molecule is C/C=C\c1c(/C=C(\C)C[I-]C)c(N)n(-c2ccc(-c3ccc(-n4c5c(c6cc7c(cc64)-c4ccccc4C7(c4ccccc4)c4ccccc4)C=CCN5)cc3)cc2)c1N. The van der Waals surface area contributed by atoms with Crippen LogP contribution in [0.4, 0.5) is 17.5 Å². The van der Waals surface area contributed by atoms with E-state index in [-0.39, 0.29) is 21.2 Å². The third-order valence-corrected chi connectivity index (χ3v) is 14.2. The summed E-state index contributed by atoms with van der Waals surface area (Å²) in [6.07, 6.45) is 10.8. The molecule has 6 aromatic carbocycles. The Balaban J connectivity index is 1.07. The predicted molar refractivity (Wildman–Crippen MR) is 251 cm³/mol. The van der Waals surface area contributed by atoms with Crippen LogP contribution in [0.15, 0.2) is 163 Å². The molecule has 0 atom stereocenters. The Kier molecular flexibility index (Phi) is 9.60. The third-order valence-electron chi connectivity index (χ3n) is 12.2. The molecule has 0 amide bonds. The van der Waals surface area contributed by atoms with Crippen molar-refractivity contribution in [3.63, 3.8) is 0 Å². The van der Waals surface area contributed by atoms with Gasteiger partial charge in [-0.25, -0.2) is 0 Å². The van der Waals surface area contributed by atoms with E-state index in [0.29, 0.717) is 11.6 Å². The van der Waals surface area contributed by atoms with Gasteiger partial charge in [0, 0.05) is 23.2 Å². The summed E-state index contributed by atoms with van der Waals surface area (Å²) in [5.74, 6) is 2.43. The number of nitrogens with two attached hydrogens (primary N) is 2. The van der Waals surface area contributed by atoms with Crippen molar-refractivity contribution in [1.29, 1.82) is 0 Å². The Hall–Kier alpha value is -6.51. The number of benzene rings is 6. The van der Waals surface area contributed by atoms with E-state index in [4.69, 9.17) is 11.5 Å². The van der Waals surface area contributed by atoms with Gasteiger partial charge in [0.25, 0.3) is 0 Å². The van der Waals surface area contributed by atoms with Gasteiger partial charge in [0.05, 0.1) is 10.9 Å². The van der Waals surface area contributed by atoms with Gasteiger partial charge in [0.15, 0.2) is 0 Å². The number of nitrogen functional groups attached to an aromatic ring is 2. The number of nitrogens with one attached hydrogen (secondary N) is 1. The van der Waals surface area contributed by atoms with Crippen LogP contribution < -0.4 is 38.0 Å². The summed E-state index contributed by atoms with van der Waals surface area (Å²) in [7, 11) is 0. The number of anilines is 3. The molecule has 0 spiro atoms. The van der Waals surface area contributed by atoms with Crippen molar-refractivity contribution < 1.29 is 21.2 Å². The first-order valence-corrected chi connectivity index (χ1v) is 24.2. The van der Waals surface area contributed by atoms with Gasteiger partial charge in [-0.15, -0.1) is 0 Å². The minimum absolute atomic E-state index is 0.144. The maximum atomic E-state index is 6.83. The zero-order valence-corrected chi connectivity index (χ0v) is 36.2. The number of alkyl halides is 2. The van der Waals surface area contributed by atoms with Crippen LogP contribution in [0.3, 0.4) is 0 Å². The number of hydrogen-bond acceptors (Lipinski definition) is 3. The van der Waals surface area contributed by atoms with Crippen molar-refractivity contribution in [3.8, 4) is 33.6 Å². The van der Waals surface area contributed by atoms with Gasteiger partial charge in [-0.1, -0.05) is 97.1 Å². The molecule has 0 radical (unpaired) electrons. The second-order valence-corrected chi connectivity index (χ2v) is 18.0. The molecule has 2 aromatic heterocycles. The molecule has 0 unspecified atom stereocenters. The van der Waals surface area contributed by atoms with E-state index in [2.05, 4.69) is 192 Å². The van der Waals surface area contributed by atoms with Gasteiger partial charge in [-0.3, -0.25) is 4.57 Å². The van der Waals surface area contributed by atoms with Gasteiger partial charge >= 0.3 is 160 Å². The minimum atomic E-state index is -0.456. The van der Waals surface area contributed by atoms with Gasteiger partial charge in [0.2, 0.25) is 0 Å². The first-order chi connectivity index (χ1) is 29.4. The molecule has 1 aliphatic heterocycles. The summed E-state index contributed by atoms with van der Waals surface area (Å²) in [6.45, 7) is 4.97. The molecule has 1 aliphatic carbocycles. The standard InChI is InChI=1S/C54H47IN5/c1-4-14-43-47(31-35(2)34-55-3)52(57)60(51(43)56)41-28-24-37(25-29-41)36-22-26-40(27-23-36)59-50-33-45-42-19-11-12-21-48(42)54(38-15-7-5-8-16-38,39-17-9-6-10-18-39)49(45)32-46(50)44-20-13-30-58-53(44)59/h4-29,31-33,58H,30,34,56-57H2,1-3H3/q-1/b14-4-,35-31+. The van der Waals surface area contributed by atoms with Gasteiger partial charge in [-0.2, -0.15) is 0 Å². The quantitative estimate of drug-likeness (QED) is 0.100. The Morgan fingerprint density at radius 1 is 0.700 bits per heavy atom. The van der Waals surface area contributed by atoms with E-state index in [1.165, 1.54) is 55.4 Å². The van der Waals surface area contributed by atoms with Crippen LogP contribution in [0, 0.1) is 0 Å². The zero-order valence-electron chi connectivity index (χ0n) is 34.1. The number of fused-ring (bicyclic) bond motifs is 6. The molecule has 10 rings (SSSR count). The average Bonchev–Trinajstić information content (AvgIpc) is 3.86. The topological polar surface area (TPSA) is 73.9 Å².